The Hall–Kier alpha value is -1.93. The van der Waals surface area contributed by atoms with Gasteiger partial charge in [-0.15, -0.1) is 0 Å². The predicted molar refractivity (Wildman–Crippen MR) is 119 cm³/mol. The van der Waals surface area contributed by atoms with Crippen LogP contribution >= 0.6 is 0 Å². The lowest BCUT2D eigenvalue weighted by atomic mass is 9.99. The van der Waals surface area contributed by atoms with Crippen LogP contribution in [0.5, 0.6) is 0 Å². The second-order valence-electron chi connectivity index (χ2n) is 7.67. The van der Waals surface area contributed by atoms with E-state index in [1.165, 1.54) is 36.8 Å². The van der Waals surface area contributed by atoms with Gasteiger partial charge in [-0.25, -0.2) is 0 Å². The van der Waals surface area contributed by atoms with Crippen molar-refractivity contribution in [3.63, 3.8) is 0 Å². The van der Waals surface area contributed by atoms with Crippen molar-refractivity contribution < 1.29 is 9.53 Å². The minimum atomic E-state index is -0.380. The predicted octanol–water partition coefficient (Wildman–Crippen LogP) is 7.25. The molecule has 0 aliphatic carbocycles. The number of hydrogen-bond donors (Lipinski definition) is 0. The van der Waals surface area contributed by atoms with E-state index in [2.05, 4.69) is 38.1 Å². The maximum Gasteiger partial charge on any atom is 0.191 e. The number of ketones is 1. The van der Waals surface area contributed by atoms with Gasteiger partial charge in [0.15, 0.2) is 5.78 Å². The number of benzene rings is 2. The molecule has 0 heterocycles. The Morgan fingerprint density at radius 3 is 1.96 bits per heavy atom. The zero-order valence-corrected chi connectivity index (χ0v) is 17.9. The molecule has 0 aliphatic rings. The number of rotatable bonds is 13. The van der Waals surface area contributed by atoms with E-state index < -0.39 is 0 Å². The van der Waals surface area contributed by atoms with Gasteiger partial charge < -0.3 is 4.74 Å². The highest BCUT2D eigenvalue weighted by molar-refractivity contribution is 5.99. The highest BCUT2D eigenvalue weighted by Crippen LogP contribution is 2.22. The smallest absolute Gasteiger partial charge is 0.191 e. The van der Waals surface area contributed by atoms with Gasteiger partial charge in [0.2, 0.25) is 0 Å². The van der Waals surface area contributed by atoms with Crippen molar-refractivity contribution in [3.8, 4) is 11.1 Å². The minimum absolute atomic E-state index is 0.0606. The first kappa shape index (κ1) is 22.4. The highest BCUT2D eigenvalue weighted by atomic mass is 16.5. The Kier molecular flexibility index (Phi) is 9.99. The molecule has 2 nitrogen and oxygen atoms in total. The fourth-order valence-electron chi connectivity index (χ4n) is 3.37. The number of ether oxygens (including phenoxy) is 1. The average molecular weight is 381 g/mol. The molecule has 0 fully saturated rings. The fourth-order valence-corrected chi connectivity index (χ4v) is 3.37. The molecular formula is C26H36O2. The van der Waals surface area contributed by atoms with Gasteiger partial charge >= 0.3 is 0 Å². The zero-order valence-electron chi connectivity index (χ0n) is 17.9. The quantitative estimate of drug-likeness (QED) is 0.270. The molecular weight excluding hydrogens is 344 g/mol. The largest absolute Gasteiger partial charge is 0.370 e. The molecule has 2 aromatic carbocycles. The Morgan fingerprint density at radius 2 is 1.36 bits per heavy atom. The molecule has 1 atom stereocenters. The first-order chi connectivity index (χ1) is 13.7. The third kappa shape index (κ3) is 7.24. The van der Waals surface area contributed by atoms with Gasteiger partial charge in [-0.2, -0.15) is 0 Å². The first-order valence-corrected chi connectivity index (χ1v) is 11.0. The molecule has 2 heteroatoms. The zero-order chi connectivity index (χ0) is 20.2. The minimum Gasteiger partial charge on any atom is -0.370 e. The van der Waals surface area contributed by atoms with Gasteiger partial charge in [0.05, 0.1) is 0 Å². The van der Waals surface area contributed by atoms with Crippen LogP contribution < -0.4 is 0 Å². The summed E-state index contributed by atoms with van der Waals surface area (Å²) < 4.78 is 5.69. The molecule has 0 aromatic heterocycles. The number of unbranched alkanes of at least 4 members (excludes halogenated alkanes) is 5. The van der Waals surface area contributed by atoms with Crippen LogP contribution in [0, 0.1) is 0 Å². The van der Waals surface area contributed by atoms with Crippen molar-refractivity contribution in [2.45, 2.75) is 78.2 Å². The number of carbonyl (C=O) groups excluding carboxylic acids is 1. The van der Waals surface area contributed by atoms with Gasteiger partial charge in [0.25, 0.3) is 0 Å². The molecule has 0 bridgehead atoms. The van der Waals surface area contributed by atoms with Crippen molar-refractivity contribution in [2.75, 3.05) is 6.61 Å². The van der Waals surface area contributed by atoms with Crippen LogP contribution in [-0.2, 0) is 11.2 Å². The molecule has 2 aromatic rings. The Morgan fingerprint density at radius 1 is 0.786 bits per heavy atom. The third-order valence-electron chi connectivity index (χ3n) is 5.26. The number of hydrogen-bond acceptors (Lipinski definition) is 2. The summed E-state index contributed by atoms with van der Waals surface area (Å²) in [5.74, 6) is 0.0606. The molecule has 1 unspecified atom stereocenters. The number of aryl methyl sites for hydroxylation is 1. The topological polar surface area (TPSA) is 26.3 Å². The lowest BCUT2D eigenvalue weighted by molar-refractivity contribution is 0.0465. The second-order valence-corrected chi connectivity index (χ2v) is 7.67. The van der Waals surface area contributed by atoms with Gasteiger partial charge in [-0.3, -0.25) is 4.79 Å². The van der Waals surface area contributed by atoms with Crippen molar-refractivity contribution in [1.82, 2.24) is 0 Å². The molecule has 0 saturated heterocycles. The van der Waals surface area contributed by atoms with E-state index >= 15 is 0 Å². The van der Waals surface area contributed by atoms with Crippen molar-refractivity contribution in [2.24, 2.45) is 0 Å². The normalized spacial score (nSPS) is 12.1. The van der Waals surface area contributed by atoms with Crippen LogP contribution in [0.1, 0.15) is 81.6 Å². The monoisotopic (exact) mass is 380 g/mol. The van der Waals surface area contributed by atoms with Crippen LogP contribution in [0.4, 0.5) is 0 Å². The van der Waals surface area contributed by atoms with E-state index in [4.69, 9.17) is 4.74 Å². The standard InChI is InChI=1S/C26H36O2/c1-4-6-8-9-11-22-12-14-23(15-13-22)24-16-18-25(19-17-24)26(27)21(3)28-20-10-7-5-2/h12-19,21H,4-11,20H2,1-3H3. The van der Waals surface area contributed by atoms with Crippen LogP contribution in [0.2, 0.25) is 0 Å². The maximum atomic E-state index is 12.5. The Balaban J connectivity index is 1.90. The molecule has 0 amide bonds. The lowest BCUT2D eigenvalue weighted by Gasteiger charge is -2.12. The van der Waals surface area contributed by atoms with Gasteiger partial charge in [-0.1, -0.05) is 94.5 Å². The fraction of sp³-hybridized carbons (Fsp3) is 0.500. The van der Waals surface area contributed by atoms with Crippen molar-refractivity contribution in [3.05, 3.63) is 59.7 Å². The average Bonchev–Trinajstić information content (AvgIpc) is 2.74. The van der Waals surface area contributed by atoms with Gasteiger partial charge in [0.1, 0.15) is 6.10 Å². The van der Waals surface area contributed by atoms with Gasteiger partial charge in [0, 0.05) is 12.2 Å². The summed E-state index contributed by atoms with van der Waals surface area (Å²) in [5, 5.41) is 0. The SMILES string of the molecule is CCCCCCc1ccc(-c2ccc(C(=O)C(C)OCCCCC)cc2)cc1. The third-order valence-corrected chi connectivity index (χ3v) is 5.26. The van der Waals surface area contributed by atoms with E-state index in [0.29, 0.717) is 6.61 Å². The first-order valence-electron chi connectivity index (χ1n) is 11.0. The second kappa shape index (κ2) is 12.5. The Bertz CT molecular complexity index is 685. The van der Waals surface area contributed by atoms with Gasteiger partial charge in [-0.05, 0) is 42.9 Å². The van der Waals surface area contributed by atoms with E-state index in [9.17, 15) is 4.79 Å². The van der Waals surface area contributed by atoms with Crippen molar-refractivity contribution >= 4 is 5.78 Å². The molecule has 0 N–H and O–H groups in total. The summed E-state index contributed by atoms with van der Waals surface area (Å²) in [4.78, 5) is 12.5. The van der Waals surface area contributed by atoms with Crippen LogP contribution in [-0.4, -0.2) is 18.5 Å². The van der Waals surface area contributed by atoms with Crippen LogP contribution in [0.25, 0.3) is 11.1 Å². The van der Waals surface area contributed by atoms with E-state index in [0.717, 1.165) is 36.8 Å². The van der Waals surface area contributed by atoms with Crippen LogP contribution in [0.3, 0.4) is 0 Å². The van der Waals surface area contributed by atoms with E-state index in [-0.39, 0.29) is 11.9 Å². The summed E-state index contributed by atoms with van der Waals surface area (Å²) >= 11 is 0. The summed E-state index contributed by atoms with van der Waals surface area (Å²) in [5.41, 5.74) is 4.46. The van der Waals surface area contributed by atoms with Crippen molar-refractivity contribution in [1.29, 1.82) is 0 Å². The number of carbonyl (C=O) groups is 1. The Labute approximate surface area is 171 Å². The molecule has 0 saturated carbocycles. The summed E-state index contributed by atoms with van der Waals surface area (Å²) in [6, 6.07) is 16.7. The summed E-state index contributed by atoms with van der Waals surface area (Å²) in [7, 11) is 0. The molecule has 0 aliphatic heterocycles. The lowest BCUT2D eigenvalue weighted by Crippen LogP contribution is -2.21. The van der Waals surface area contributed by atoms with Crippen LogP contribution in [0.15, 0.2) is 48.5 Å². The summed E-state index contributed by atoms with van der Waals surface area (Å²) in [6.07, 6.45) is 9.28. The molecule has 152 valence electrons. The van der Waals surface area contributed by atoms with E-state index in [1.54, 1.807) is 0 Å². The molecule has 2 rings (SSSR count). The summed E-state index contributed by atoms with van der Waals surface area (Å²) in [6.45, 7) is 6.91. The highest BCUT2D eigenvalue weighted by Gasteiger charge is 2.15. The molecule has 0 spiro atoms. The van der Waals surface area contributed by atoms with E-state index in [1.807, 2.05) is 31.2 Å². The molecule has 0 radical (unpaired) electrons. The maximum absolute atomic E-state index is 12.5. The number of Topliss-reactive ketones (excluding diaryl/α,β-unsaturated/α-hetero) is 1. The molecule has 28 heavy (non-hydrogen) atoms.